The fourth-order valence-electron chi connectivity index (χ4n) is 4.25. The van der Waals surface area contributed by atoms with E-state index in [-0.39, 0.29) is 17.8 Å². The van der Waals surface area contributed by atoms with Crippen LogP contribution >= 0.6 is 11.3 Å². The van der Waals surface area contributed by atoms with Crippen LogP contribution in [0, 0.1) is 12.7 Å². The molecule has 1 amide bonds. The second kappa shape index (κ2) is 9.23. The lowest BCUT2D eigenvalue weighted by molar-refractivity contribution is 0.0623. The van der Waals surface area contributed by atoms with Gasteiger partial charge in [0, 0.05) is 19.1 Å². The molecule has 0 saturated carbocycles. The third-order valence-electron chi connectivity index (χ3n) is 5.90. The number of thiazole rings is 1. The number of aromatic nitrogens is 3. The van der Waals surface area contributed by atoms with Crippen molar-refractivity contribution in [2.45, 2.75) is 32.2 Å². The number of anilines is 1. The second-order valence-electron chi connectivity index (χ2n) is 8.19. The number of para-hydroxylation sites is 2. The summed E-state index contributed by atoms with van der Waals surface area (Å²) >= 11 is 1.46. The number of fused-ring (bicyclic) bond motifs is 1. The quantitative estimate of drug-likeness (QED) is 0.436. The number of rotatable bonds is 5. The number of carbonyl (C=O) groups excluding carboxylic acids is 1. The van der Waals surface area contributed by atoms with Crippen molar-refractivity contribution in [1.29, 1.82) is 0 Å². The van der Waals surface area contributed by atoms with E-state index in [0.717, 1.165) is 45.7 Å². The first-order valence-electron chi connectivity index (χ1n) is 11.1. The molecule has 1 atom stereocenters. The molecule has 1 aliphatic heterocycles. The van der Waals surface area contributed by atoms with Crippen LogP contribution in [0.4, 0.5) is 10.2 Å². The van der Waals surface area contributed by atoms with E-state index in [1.165, 1.54) is 23.5 Å². The van der Waals surface area contributed by atoms with Crippen LogP contribution in [-0.4, -0.2) is 44.9 Å². The summed E-state index contributed by atoms with van der Waals surface area (Å²) in [4.78, 5) is 30.0. The van der Waals surface area contributed by atoms with E-state index in [0.29, 0.717) is 24.6 Å². The van der Waals surface area contributed by atoms with Gasteiger partial charge in [0.1, 0.15) is 17.3 Å². The van der Waals surface area contributed by atoms with Crippen LogP contribution in [0.15, 0.2) is 54.7 Å². The fraction of sp³-hybridized carbons (Fsp3) is 0.280. The van der Waals surface area contributed by atoms with Gasteiger partial charge in [-0.2, -0.15) is 0 Å². The van der Waals surface area contributed by atoms with Crippen molar-refractivity contribution < 1.29 is 9.18 Å². The number of amides is 1. The Morgan fingerprint density at radius 2 is 1.91 bits per heavy atom. The van der Waals surface area contributed by atoms with E-state index >= 15 is 0 Å². The third-order valence-corrected chi connectivity index (χ3v) is 6.92. The summed E-state index contributed by atoms with van der Waals surface area (Å²) in [5, 5.41) is 4.19. The topological polar surface area (TPSA) is 71.0 Å². The maximum atomic E-state index is 13.6. The van der Waals surface area contributed by atoms with Crippen LogP contribution in [0.1, 0.15) is 34.8 Å². The highest BCUT2D eigenvalue weighted by Gasteiger charge is 2.31. The molecule has 6 nitrogen and oxygen atoms in total. The molecule has 1 fully saturated rings. The lowest BCUT2D eigenvalue weighted by atomic mass is 10.0. The van der Waals surface area contributed by atoms with E-state index in [2.05, 4.69) is 20.3 Å². The average molecular weight is 462 g/mol. The number of nitrogens with one attached hydrogen (secondary N) is 1. The molecule has 0 radical (unpaired) electrons. The van der Waals surface area contributed by atoms with Crippen LogP contribution in [-0.2, 0) is 0 Å². The zero-order chi connectivity index (χ0) is 22.8. The van der Waals surface area contributed by atoms with Gasteiger partial charge in [0.2, 0.25) is 0 Å². The van der Waals surface area contributed by atoms with Gasteiger partial charge in [0.15, 0.2) is 0 Å². The van der Waals surface area contributed by atoms with Gasteiger partial charge in [0.05, 0.1) is 27.1 Å². The highest BCUT2D eigenvalue weighted by molar-refractivity contribution is 7.15. The molecular weight excluding hydrogens is 437 g/mol. The number of nitrogens with zero attached hydrogens (tertiary/aromatic N) is 4. The SMILES string of the molecule is Cc1nc(C(=O)N2CCCCC2CNc2cnc3ccccc3n2)c(-c2ccc(F)cc2)s1. The summed E-state index contributed by atoms with van der Waals surface area (Å²) in [6.45, 7) is 3.17. The first-order chi connectivity index (χ1) is 16.1. The molecule has 5 rings (SSSR count). The molecule has 2 aromatic carbocycles. The lowest BCUT2D eigenvalue weighted by Gasteiger charge is -2.35. The van der Waals surface area contributed by atoms with Gasteiger partial charge < -0.3 is 10.2 Å². The average Bonchev–Trinajstić information content (AvgIpc) is 3.24. The van der Waals surface area contributed by atoms with Crippen molar-refractivity contribution in [3.05, 3.63) is 71.2 Å². The van der Waals surface area contributed by atoms with E-state index in [9.17, 15) is 9.18 Å². The number of benzene rings is 2. The minimum absolute atomic E-state index is 0.0302. The molecule has 1 aliphatic rings. The Kier molecular flexibility index (Phi) is 6.00. The Hall–Kier alpha value is -3.39. The minimum Gasteiger partial charge on any atom is -0.367 e. The molecule has 1 saturated heterocycles. The first kappa shape index (κ1) is 21.5. The number of likely N-dealkylation sites (tertiary alicyclic amines) is 1. The highest BCUT2D eigenvalue weighted by atomic mass is 32.1. The van der Waals surface area contributed by atoms with E-state index in [4.69, 9.17) is 0 Å². The third kappa shape index (κ3) is 4.57. The lowest BCUT2D eigenvalue weighted by Crippen LogP contribution is -2.47. The Morgan fingerprint density at radius 1 is 1.12 bits per heavy atom. The van der Waals surface area contributed by atoms with Crippen LogP contribution in [0.5, 0.6) is 0 Å². The molecule has 1 unspecified atom stereocenters. The molecule has 0 bridgehead atoms. The molecule has 2 aromatic heterocycles. The smallest absolute Gasteiger partial charge is 0.274 e. The normalized spacial score (nSPS) is 16.2. The predicted molar refractivity (Wildman–Crippen MR) is 129 cm³/mol. The standard InChI is InChI=1S/C25H24FN5OS/c1-16-29-23(24(33-16)17-9-11-18(26)12-10-17)25(32)31-13-5-4-6-19(31)14-28-22-15-27-20-7-2-3-8-21(20)30-22/h2-3,7-12,15,19H,4-6,13-14H2,1H3,(H,28,30). The van der Waals surface area contributed by atoms with Crippen molar-refractivity contribution in [3.8, 4) is 10.4 Å². The summed E-state index contributed by atoms with van der Waals surface area (Å²) in [6.07, 6.45) is 4.68. The Labute approximate surface area is 195 Å². The van der Waals surface area contributed by atoms with Crippen LogP contribution in [0.2, 0.25) is 0 Å². The molecule has 8 heteroatoms. The molecule has 3 heterocycles. The first-order valence-corrected chi connectivity index (χ1v) is 11.9. The van der Waals surface area contributed by atoms with Gasteiger partial charge >= 0.3 is 0 Å². The van der Waals surface area contributed by atoms with Gasteiger partial charge in [-0.1, -0.05) is 24.3 Å². The Bertz CT molecular complexity index is 1290. The van der Waals surface area contributed by atoms with Gasteiger partial charge in [-0.15, -0.1) is 11.3 Å². The number of hydrogen-bond donors (Lipinski definition) is 1. The summed E-state index contributed by atoms with van der Waals surface area (Å²) in [5.74, 6) is 0.324. The van der Waals surface area contributed by atoms with Crippen molar-refractivity contribution in [3.63, 3.8) is 0 Å². The number of piperidine rings is 1. The summed E-state index contributed by atoms with van der Waals surface area (Å²) < 4.78 is 13.4. The van der Waals surface area contributed by atoms with Gasteiger partial charge in [-0.3, -0.25) is 9.78 Å². The zero-order valence-electron chi connectivity index (χ0n) is 18.3. The zero-order valence-corrected chi connectivity index (χ0v) is 19.1. The second-order valence-corrected chi connectivity index (χ2v) is 9.39. The molecule has 0 spiro atoms. The molecule has 4 aromatic rings. The number of aryl methyl sites for hydroxylation is 1. The molecular formula is C25H24FN5OS. The predicted octanol–water partition coefficient (Wildman–Crippen LogP) is 5.31. The number of hydrogen-bond acceptors (Lipinski definition) is 6. The van der Waals surface area contributed by atoms with Crippen molar-refractivity contribution in [1.82, 2.24) is 19.9 Å². The number of carbonyl (C=O) groups is 1. The number of halogens is 1. The molecule has 1 N–H and O–H groups in total. The fourth-order valence-corrected chi connectivity index (χ4v) is 5.17. The monoisotopic (exact) mass is 461 g/mol. The van der Waals surface area contributed by atoms with Crippen LogP contribution < -0.4 is 5.32 Å². The molecule has 168 valence electrons. The Balaban J connectivity index is 1.36. The van der Waals surface area contributed by atoms with Gasteiger partial charge in [-0.25, -0.2) is 14.4 Å². The van der Waals surface area contributed by atoms with E-state index < -0.39 is 0 Å². The minimum atomic E-state index is -0.299. The van der Waals surface area contributed by atoms with E-state index in [1.54, 1.807) is 18.3 Å². The maximum Gasteiger partial charge on any atom is 0.274 e. The van der Waals surface area contributed by atoms with Gasteiger partial charge in [0.25, 0.3) is 5.91 Å². The van der Waals surface area contributed by atoms with Crippen molar-refractivity contribution in [2.75, 3.05) is 18.4 Å². The highest BCUT2D eigenvalue weighted by Crippen LogP contribution is 2.32. The van der Waals surface area contributed by atoms with Gasteiger partial charge in [-0.05, 0) is 56.0 Å². The summed E-state index contributed by atoms with van der Waals surface area (Å²) in [6, 6.07) is 14.0. The maximum absolute atomic E-state index is 13.6. The largest absolute Gasteiger partial charge is 0.367 e. The molecule has 33 heavy (non-hydrogen) atoms. The Morgan fingerprint density at radius 3 is 2.73 bits per heavy atom. The van der Waals surface area contributed by atoms with Crippen LogP contribution in [0.25, 0.3) is 21.5 Å². The van der Waals surface area contributed by atoms with Crippen molar-refractivity contribution in [2.24, 2.45) is 0 Å². The van der Waals surface area contributed by atoms with Crippen molar-refractivity contribution >= 4 is 34.1 Å². The van der Waals surface area contributed by atoms with E-state index in [1.807, 2.05) is 36.1 Å². The van der Waals surface area contributed by atoms with Crippen LogP contribution in [0.3, 0.4) is 0 Å². The molecule has 0 aliphatic carbocycles. The summed E-state index contributed by atoms with van der Waals surface area (Å²) in [5.41, 5.74) is 2.94. The summed E-state index contributed by atoms with van der Waals surface area (Å²) in [7, 11) is 0.